The van der Waals surface area contributed by atoms with Crippen LogP contribution in [0.2, 0.25) is 0 Å². The third-order valence-electron chi connectivity index (χ3n) is 4.57. The van der Waals surface area contributed by atoms with Crippen LogP contribution in [0.5, 0.6) is 5.75 Å². The van der Waals surface area contributed by atoms with E-state index in [1.54, 1.807) is 6.21 Å². The van der Waals surface area contributed by atoms with E-state index in [-0.39, 0.29) is 5.69 Å². The minimum Gasteiger partial charge on any atom is -0.487 e. The Morgan fingerprint density at radius 3 is 2.47 bits per heavy atom. The summed E-state index contributed by atoms with van der Waals surface area (Å²) >= 11 is 4.51. The van der Waals surface area contributed by atoms with Crippen LogP contribution in [-0.2, 0) is 6.61 Å². The first-order chi connectivity index (χ1) is 15.5. The quantitative estimate of drug-likeness (QED) is 0.109. The van der Waals surface area contributed by atoms with Gasteiger partial charge in [0.25, 0.3) is 5.69 Å². The van der Waals surface area contributed by atoms with E-state index < -0.39 is 4.92 Å². The van der Waals surface area contributed by atoms with E-state index in [4.69, 9.17) is 4.74 Å². The van der Waals surface area contributed by atoms with Gasteiger partial charge in [-0.15, -0.1) is 0 Å². The molecule has 1 N–H and O–H groups in total. The summed E-state index contributed by atoms with van der Waals surface area (Å²) in [5, 5.41) is 17.3. The van der Waals surface area contributed by atoms with Crippen LogP contribution in [0.25, 0.3) is 10.8 Å². The summed E-state index contributed by atoms with van der Waals surface area (Å²) in [6.45, 7) is 0.484. The van der Waals surface area contributed by atoms with Gasteiger partial charge in [0.1, 0.15) is 24.4 Å². The second-order valence-corrected chi connectivity index (χ2v) is 9.14. The first-order valence-corrected chi connectivity index (χ1v) is 11.6. The lowest BCUT2D eigenvalue weighted by atomic mass is 10.1. The van der Waals surface area contributed by atoms with E-state index in [2.05, 4.69) is 91.0 Å². The molecule has 0 fully saturated rings. The zero-order valence-corrected chi connectivity index (χ0v) is 20.8. The Labute approximate surface area is 211 Å². The number of halogens is 2. The average molecular weight is 650 g/mol. The van der Waals surface area contributed by atoms with Crippen molar-refractivity contribution in [3.05, 3.63) is 101 Å². The lowest BCUT2D eigenvalue weighted by molar-refractivity contribution is -0.385. The van der Waals surface area contributed by atoms with E-state index in [9.17, 15) is 10.1 Å². The summed E-state index contributed by atoms with van der Waals surface area (Å²) in [7, 11) is 0. The van der Waals surface area contributed by atoms with Gasteiger partial charge in [-0.25, -0.2) is 4.98 Å². The molecule has 0 saturated heterocycles. The minimum absolute atomic E-state index is 0.0667. The monoisotopic (exact) mass is 650 g/mol. The second kappa shape index (κ2) is 10.2. The SMILES string of the molecule is O=[N+]([O-])c1ccc(N/N=C/c2cc(I)c(OCc3ccc4ccccc4c3)c(I)c2)nc1. The van der Waals surface area contributed by atoms with E-state index >= 15 is 0 Å². The van der Waals surface area contributed by atoms with Crippen LogP contribution in [-0.4, -0.2) is 16.1 Å². The normalized spacial score (nSPS) is 11.1. The first kappa shape index (κ1) is 22.4. The highest BCUT2D eigenvalue weighted by atomic mass is 127. The Hall–Kier alpha value is -2.80. The van der Waals surface area contributed by atoms with Crippen LogP contribution >= 0.6 is 45.2 Å². The van der Waals surface area contributed by atoms with Crippen molar-refractivity contribution in [1.82, 2.24) is 4.98 Å². The Balaban J connectivity index is 1.41. The van der Waals surface area contributed by atoms with Crippen LogP contribution in [0, 0.1) is 17.3 Å². The van der Waals surface area contributed by atoms with Gasteiger partial charge in [0, 0.05) is 6.07 Å². The molecule has 0 aliphatic heterocycles. The summed E-state index contributed by atoms with van der Waals surface area (Å²) in [4.78, 5) is 14.2. The molecule has 0 aliphatic carbocycles. The summed E-state index contributed by atoms with van der Waals surface area (Å²) < 4.78 is 8.08. The van der Waals surface area contributed by atoms with Crippen LogP contribution in [0.15, 0.2) is 78.0 Å². The minimum atomic E-state index is -0.493. The Morgan fingerprint density at radius 2 is 1.78 bits per heavy atom. The number of anilines is 1. The van der Waals surface area contributed by atoms with Crippen LogP contribution in [0.1, 0.15) is 11.1 Å². The molecule has 1 heterocycles. The molecule has 3 aromatic carbocycles. The molecule has 0 atom stereocenters. The van der Waals surface area contributed by atoms with Gasteiger partial charge < -0.3 is 4.74 Å². The standard InChI is InChI=1S/C23H16I2N4O3/c24-20-10-16(12-27-28-22-8-7-19(13-26-22)29(30)31)11-21(25)23(20)32-14-15-5-6-17-3-1-2-4-18(17)9-15/h1-13H,14H2,(H,26,28)/b27-12+. The molecule has 32 heavy (non-hydrogen) atoms. The van der Waals surface area contributed by atoms with Crippen molar-refractivity contribution in [3.63, 3.8) is 0 Å². The van der Waals surface area contributed by atoms with Crippen molar-refractivity contribution in [1.29, 1.82) is 0 Å². The predicted octanol–water partition coefficient (Wildman–Crippen LogP) is 6.38. The third-order valence-corrected chi connectivity index (χ3v) is 6.17. The topological polar surface area (TPSA) is 89.7 Å². The maximum Gasteiger partial charge on any atom is 0.287 e. The number of nitrogens with one attached hydrogen (secondary N) is 1. The lowest BCUT2D eigenvalue weighted by Gasteiger charge is -2.12. The molecular weight excluding hydrogens is 634 g/mol. The summed E-state index contributed by atoms with van der Waals surface area (Å²) in [6.07, 6.45) is 2.85. The molecule has 0 bridgehead atoms. The number of hydrogen-bond acceptors (Lipinski definition) is 6. The van der Waals surface area contributed by atoms with Crippen molar-refractivity contribution in [2.45, 2.75) is 6.61 Å². The second-order valence-electron chi connectivity index (χ2n) is 6.81. The van der Waals surface area contributed by atoms with Gasteiger partial charge in [0.2, 0.25) is 0 Å². The van der Waals surface area contributed by atoms with E-state index in [1.165, 1.54) is 29.1 Å². The number of nitro groups is 1. The van der Waals surface area contributed by atoms with Gasteiger partial charge >= 0.3 is 0 Å². The van der Waals surface area contributed by atoms with E-state index in [0.29, 0.717) is 12.4 Å². The number of benzene rings is 3. The highest BCUT2D eigenvalue weighted by Gasteiger charge is 2.09. The number of nitrogens with zero attached hydrogens (tertiary/aromatic N) is 3. The molecule has 1 aromatic heterocycles. The summed E-state index contributed by atoms with van der Waals surface area (Å²) in [6, 6.07) is 21.4. The molecule has 0 radical (unpaired) electrons. The molecule has 7 nitrogen and oxygen atoms in total. The highest BCUT2D eigenvalue weighted by molar-refractivity contribution is 14.1. The largest absolute Gasteiger partial charge is 0.487 e. The number of hydrazone groups is 1. The number of hydrogen-bond donors (Lipinski definition) is 1. The molecular formula is C23H16I2N4O3. The Bertz CT molecular complexity index is 1290. The molecule has 0 aliphatic rings. The number of rotatable bonds is 7. The molecule has 4 rings (SSSR count). The average Bonchev–Trinajstić information content (AvgIpc) is 2.79. The number of ether oxygens (including phenoxy) is 1. The van der Waals surface area contributed by atoms with Gasteiger partial charge in [-0.2, -0.15) is 5.10 Å². The van der Waals surface area contributed by atoms with Gasteiger partial charge in [-0.1, -0.05) is 36.4 Å². The van der Waals surface area contributed by atoms with Crippen molar-refractivity contribution >= 4 is 73.7 Å². The predicted molar refractivity (Wildman–Crippen MR) is 142 cm³/mol. The Kier molecular flexibility index (Phi) is 7.15. The molecule has 0 amide bonds. The molecule has 9 heteroatoms. The van der Waals surface area contributed by atoms with E-state index in [1.807, 2.05) is 24.3 Å². The number of aromatic nitrogens is 1. The van der Waals surface area contributed by atoms with E-state index in [0.717, 1.165) is 24.0 Å². The molecule has 0 saturated carbocycles. The molecule has 160 valence electrons. The van der Waals surface area contributed by atoms with Crippen molar-refractivity contribution in [2.24, 2.45) is 5.10 Å². The zero-order chi connectivity index (χ0) is 22.5. The fourth-order valence-electron chi connectivity index (χ4n) is 3.01. The fraction of sp³-hybridized carbons (Fsp3) is 0.0435. The van der Waals surface area contributed by atoms with Gasteiger partial charge in [0.15, 0.2) is 0 Å². The van der Waals surface area contributed by atoms with Crippen LogP contribution in [0.4, 0.5) is 11.5 Å². The smallest absolute Gasteiger partial charge is 0.287 e. The molecule has 0 unspecified atom stereocenters. The summed E-state index contributed by atoms with van der Waals surface area (Å²) in [5.41, 5.74) is 4.71. The van der Waals surface area contributed by atoms with Crippen molar-refractivity contribution < 1.29 is 9.66 Å². The highest BCUT2D eigenvalue weighted by Crippen LogP contribution is 2.29. The van der Waals surface area contributed by atoms with Crippen LogP contribution < -0.4 is 10.2 Å². The maximum atomic E-state index is 10.7. The van der Waals surface area contributed by atoms with Crippen LogP contribution in [0.3, 0.4) is 0 Å². The van der Waals surface area contributed by atoms with Gasteiger partial charge in [0.05, 0.1) is 18.3 Å². The maximum absolute atomic E-state index is 10.7. The zero-order valence-electron chi connectivity index (χ0n) is 16.5. The lowest BCUT2D eigenvalue weighted by Crippen LogP contribution is -2.01. The molecule has 4 aromatic rings. The van der Waals surface area contributed by atoms with Gasteiger partial charge in [-0.05, 0) is 91.3 Å². The van der Waals surface area contributed by atoms with Gasteiger partial charge in [-0.3, -0.25) is 15.5 Å². The summed E-state index contributed by atoms with van der Waals surface area (Å²) in [5.74, 6) is 1.26. The fourth-order valence-corrected chi connectivity index (χ4v) is 5.14. The Morgan fingerprint density at radius 1 is 1.03 bits per heavy atom. The first-order valence-electron chi connectivity index (χ1n) is 9.48. The number of fused-ring (bicyclic) bond motifs is 1. The number of pyridine rings is 1. The van der Waals surface area contributed by atoms with Crippen molar-refractivity contribution in [2.75, 3.05) is 5.43 Å². The molecule has 0 spiro atoms. The third kappa shape index (κ3) is 5.51. The van der Waals surface area contributed by atoms with Crippen molar-refractivity contribution in [3.8, 4) is 5.75 Å².